The van der Waals surface area contributed by atoms with Crippen molar-refractivity contribution in [1.29, 1.82) is 0 Å². The molecule has 0 saturated heterocycles. The molecule has 0 unspecified atom stereocenters. The van der Waals surface area contributed by atoms with Crippen molar-refractivity contribution in [3.05, 3.63) is 48.0 Å². The fraction of sp³-hybridized carbons (Fsp3) is 0.188. The Morgan fingerprint density at radius 1 is 0.857 bits per heavy atom. The van der Waals surface area contributed by atoms with Crippen molar-refractivity contribution in [1.82, 2.24) is 0 Å². The Morgan fingerprint density at radius 3 is 1.86 bits per heavy atom. The lowest BCUT2D eigenvalue weighted by Gasteiger charge is -2.19. The van der Waals surface area contributed by atoms with Gasteiger partial charge in [0, 0.05) is 50.6 Å². The van der Waals surface area contributed by atoms with E-state index < -0.39 is 0 Å². The molecule has 0 fully saturated rings. The summed E-state index contributed by atoms with van der Waals surface area (Å²) in [5, 5.41) is 19.0. The first-order chi connectivity index (χ1) is 9.88. The van der Waals surface area contributed by atoms with Gasteiger partial charge in [-0.2, -0.15) is 0 Å². The summed E-state index contributed by atoms with van der Waals surface area (Å²) in [6.45, 7) is 0. The van der Waals surface area contributed by atoms with Crippen molar-refractivity contribution >= 4 is 17.3 Å². The fourth-order valence-corrected chi connectivity index (χ4v) is 1.99. The van der Waals surface area contributed by atoms with Crippen LogP contribution in [0.3, 0.4) is 0 Å². The van der Waals surface area contributed by atoms with Crippen molar-refractivity contribution in [2.75, 3.05) is 30.9 Å². The number of phenolic OH excluding ortho intramolecular Hbond substituents is 2. The van der Waals surface area contributed by atoms with E-state index in [-0.39, 0.29) is 17.4 Å². The Labute approximate surface area is 123 Å². The maximum Gasteiger partial charge on any atom is 0.258 e. The highest BCUT2D eigenvalue weighted by molar-refractivity contribution is 6.06. The molecule has 0 heterocycles. The molecular formula is C16H18N2O3. The summed E-state index contributed by atoms with van der Waals surface area (Å²) in [7, 11) is 5.45. The number of aromatic hydroxyl groups is 2. The average molecular weight is 286 g/mol. The molecular weight excluding hydrogens is 268 g/mol. The number of anilines is 2. The molecule has 110 valence electrons. The monoisotopic (exact) mass is 286 g/mol. The van der Waals surface area contributed by atoms with Crippen LogP contribution >= 0.6 is 0 Å². The van der Waals surface area contributed by atoms with Crippen LogP contribution in [0.25, 0.3) is 0 Å². The first kappa shape index (κ1) is 14.7. The second-order valence-electron chi connectivity index (χ2n) is 5.01. The molecule has 1 amide bonds. The zero-order valence-corrected chi connectivity index (χ0v) is 12.2. The molecule has 5 nitrogen and oxygen atoms in total. The fourth-order valence-electron chi connectivity index (χ4n) is 1.99. The molecule has 5 heteroatoms. The number of amides is 1. The Bertz CT molecular complexity index is 631. The van der Waals surface area contributed by atoms with Crippen LogP contribution in [0.15, 0.2) is 42.5 Å². The molecule has 0 aliphatic carbocycles. The summed E-state index contributed by atoms with van der Waals surface area (Å²) >= 11 is 0. The highest BCUT2D eigenvalue weighted by Gasteiger charge is 2.15. The molecule has 0 aliphatic heterocycles. The molecule has 0 radical (unpaired) electrons. The number of rotatable bonds is 3. The van der Waals surface area contributed by atoms with Gasteiger partial charge in [-0.1, -0.05) is 0 Å². The number of benzene rings is 2. The number of hydrogen-bond acceptors (Lipinski definition) is 4. The van der Waals surface area contributed by atoms with E-state index in [1.165, 1.54) is 23.1 Å². The zero-order chi connectivity index (χ0) is 15.6. The van der Waals surface area contributed by atoms with E-state index in [9.17, 15) is 15.0 Å². The molecule has 2 aromatic carbocycles. The van der Waals surface area contributed by atoms with Crippen molar-refractivity contribution in [2.24, 2.45) is 0 Å². The van der Waals surface area contributed by atoms with Gasteiger partial charge in [0.05, 0.1) is 5.69 Å². The van der Waals surface area contributed by atoms with E-state index in [0.29, 0.717) is 11.3 Å². The second-order valence-corrected chi connectivity index (χ2v) is 5.01. The van der Waals surface area contributed by atoms with E-state index in [1.54, 1.807) is 19.2 Å². The normalized spacial score (nSPS) is 10.2. The lowest BCUT2D eigenvalue weighted by Crippen LogP contribution is -2.26. The number of phenols is 2. The molecule has 0 atom stereocenters. The molecule has 2 N–H and O–H groups in total. The van der Waals surface area contributed by atoms with Crippen molar-refractivity contribution < 1.29 is 15.0 Å². The number of carbonyl (C=O) groups is 1. The highest BCUT2D eigenvalue weighted by atomic mass is 16.3. The van der Waals surface area contributed by atoms with Crippen LogP contribution in [0.1, 0.15) is 10.4 Å². The van der Waals surface area contributed by atoms with E-state index in [1.807, 2.05) is 31.1 Å². The summed E-state index contributed by atoms with van der Waals surface area (Å²) < 4.78 is 0. The van der Waals surface area contributed by atoms with Gasteiger partial charge in [0.15, 0.2) is 0 Å². The molecule has 2 rings (SSSR count). The maximum atomic E-state index is 12.4. The van der Waals surface area contributed by atoms with Crippen LogP contribution < -0.4 is 9.80 Å². The van der Waals surface area contributed by atoms with Gasteiger partial charge in [-0.3, -0.25) is 4.79 Å². The van der Waals surface area contributed by atoms with Crippen LogP contribution in [0, 0.1) is 0 Å². The summed E-state index contributed by atoms with van der Waals surface area (Å²) in [5.74, 6) is -0.398. The smallest absolute Gasteiger partial charge is 0.258 e. The van der Waals surface area contributed by atoms with Crippen LogP contribution in [0.5, 0.6) is 11.5 Å². The third kappa shape index (κ3) is 3.25. The lowest BCUT2D eigenvalue weighted by molar-refractivity contribution is 0.0993. The first-order valence-corrected chi connectivity index (χ1v) is 6.47. The topological polar surface area (TPSA) is 64.0 Å². The molecule has 0 aliphatic rings. The number of hydrogen-bond donors (Lipinski definition) is 2. The van der Waals surface area contributed by atoms with Gasteiger partial charge >= 0.3 is 0 Å². The van der Waals surface area contributed by atoms with Crippen LogP contribution in [0.4, 0.5) is 11.4 Å². The molecule has 0 spiro atoms. The van der Waals surface area contributed by atoms with Gasteiger partial charge in [0.2, 0.25) is 0 Å². The molecule has 0 bridgehead atoms. The summed E-state index contributed by atoms with van der Waals surface area (Å²) in [4.78, 5) is 15.7. The van der Waals surface area contributed by atoms with Crippen molar-refractivity contribution in [3.63, 3.8) is 0 Å². The predicted molar refractivity (Wildman–Crippen MR) is 83.3 cm³/mol. The largest absolute Gasteiger partial charge is 0.508 e. The van der Waals surface area contributed by atoms with Crippen LogP contribution in [-0.2, 0) is 0 Å². The Hall–Kier alpha value is -2.69. The minimum Gasteiger partial charge on any atom is -0.508 e. The summed E-state index contributed by atoms with van der Waals surface area (Å²) in [6, 6.07) is 11.3. The predicted octanol–water partition coefficient (Wildman–Crippen LogP) is 2.44. The number of carbonyl (C=O) groups excluding carboxylic acids is 1. The second kappa shape index (κ2) is 5.75. The van der Waals surface area contributed by atoms with Crippen LogP contribution in [-0.4, -0.2) is 37.3 Å². The molecule has 2 aromatic rings. The van der Waals surface area contributed by atoms with Gasteiger partial charge in [-0.05, 0) is 24.3 Å². The highest BCUT2D eigenvalue weighted by Crippen LogP contribution is 2.27. The van der Waals surface area contributed by atoms with Gasteiger partial charge < -0.3 is 20.0 Å². The van der Waals surface area contributed by atoms with Gasteiger partial charge in [0.1, 0.15) is 11.5 Å². The maximum absolute atomic E-state index is 12.4. The van der Waals surface area contributed by atoms with Gasteiger partial charge in [-0.25, -0.2) is 0 Å². The molecule has 0 saturated carbocycles. The van der Waals surface area contributed by atoms with E-state index in [2.05, 4.69) is 0 Å². The minimum absolute atomic E-state index is 0.0902. The zero-order valence-electron chi connectivity index (χ0n) is 12.2. The third-order valence-corrected chi connectivity index (χ3v) is 3.21. The van der Waals surface area contributed by atoms with Crippen LogP contribution in [0.2, 0.25) is 0 Å². The van der Waals surface area contributed by atoms with E-state index >= 15 is 0 Å². The van der Waals surface area contributed by atoms with E-state index in [4.69, 9.17) is 0 Å². The summed E-state index contributed by atoms with van der Waals surface area (Å²) in [6.07, 6.45) is 0. The number of nitrogens with zero attached hydrogens (tertiary/aromatic N) is 2. The lowest BCUT2D eigenvalue weighted by atomic mass is 10.1. The van der Waals surface area contributed by atoms with Crippen molar-refractivity contribution in [3.8, 4) is 11.5 Å². The van der Waals surface area contributed by atoms with Crippen molar-refractivity contribution in [2.45, 2.75) is 0 Å². The quantitative estimate of drug-likeness (QED) is 0.909. The minimum atomic E-state index is -0.217. The summed E-state index contributed by atoms with van der Waals surface area (Å²) in [5.41, 5.74) is 1.96. The SMILES string of the molecule is CN(C)c1ccc(C(=O)N(C)c2cc(O)cc(O)c2)cc1. The Balaban J connectivity index is 2.26. The van der Waals surface area contributed by atoms with Gasteiger partial charge in [-0.15, -0.1) is 0 Å². The van der Waals surface area contributed by atoms with Gasteiger partial charge in [0.25, 0.3) is 5.91 Å². The third-order valence-electron chi connectivity index (χ3n) is 3.21. The standard InChI is InChI=1S/C16H18N2O3/c1-17(2)12-6-4-11(5-7-12)16(21)18(3)13-8-14(19)10-15(20)9-13/h4-10,19-20H,1-3H3. The first-order valence-electron chi connectivity index (χ1n) is 6.47. The Kier molecular flexibility index (Phi) is 4.03. The Morgan fingerprint density at radius 2 is 1.38 bits per heavy atom. The average Bonchev–Trinajstić information content (AvgIpc) is 2.44. The van der Waals surface area contributed by atoms with E-state index in [0.717, 1.165) is 5.69 Å². The molecule has 21 heavy (non-hydrogen) atoms. The molecule has 0 aromatic heterocycles.